The number of rotatable bonds is 4. The monoisotopic (exact) mass is 301 g/mol. The third kappa shape index (κ3) is 3.71. The van der Waals surface area contributed by atoms with Gasteiger partial charge in [-0.3, -0.25) is 0 Å². The van der Waals surface area contributed by atoms with Crippen LogP contribution in [0.25, 0.3) is 0 Å². The van der Waals surface area contributed by atoms with Gasteiger partial charge in [-0.25, -0.2) is 4.39 Å². The summed E-state index contributed by atoms with van der Waals surface area (Å²) < 4.78 is 55.5. The molecule has 0 aliphatic heterocycles. The Hall–Kier alpha value is -1.08. The van der Waals surface area contributed by atoms with Crippen LogP contribution in [0.3, 0.4) is 0 Å². The molecule has 2 nitrogen and oxygen atoms in total. The summed E-state index contributed by atoms with van der Waals surface area (Å²) in [4.78, 5) is -0.769. The lowest BCUT2D eigenvalue weighted by molar-refractivity contribution is -0.161. The zero-order valence-corrected chi connectivity index (χ0v) is 10.4. The first kappa shape index (κ1) is 15.0. The molecule has 0 aliphatic carbocycles. The SMILES string of the molecule is NC(=S)C(COc1c(F)cccc1Cl)C(F)(F)F. The molecule has 0 heterocycles. The summed E-state index contributed by atoms with van der Waals surface area (Å²) in [6, 6.07) is 3.62. The second-order valence-electron chi connectivity index (χ2n) is 3.36. The topological polar surface area (TPSA) is 35.2 Å². The molecular formula is C10H8ClF4NOS. The normalized spacial score (nSPS) is 13.2. The molecule has 2 N–H and O–H groups in total. The summed E-state index contributed by atoms with van der Waals surface area (Å²) in [6.07, 6.45) is -4.65. The van der Waals surface area contributed by atoms with E-state index in [4.69, 9.17) is 22.1 Å². The van der Waals surface area contributed by atoms with Gasteiger partial charge in [0.1, 0.15) is 12.5 Å². The fourth-order valence-corrected chi connectivity index (χ4v) is 1.54. The van der Waals surface area contributed by atoms with Crippen molar-refractivity contribution in [3.8, 4) is 5.75 Å². The lowest BCUT2D eigenvalue weighted by Gasteiger charge is -2.19. The molecule has 1 rings (SSSR count). The molecule has 0 amide bonds. The molecule has 0 fully saturated rings. The molecule has 18 heavy (non-hydrogen) atoms. The Kier molecular flexibility index (Phi) is 4.75. The van der Waals surface area contributed by atoms with Gasteiger partial charge < -0.3 is 10.5 Å². The highest BCUT2D eigenvalue weighted by Gasteiger charge is 2.42. The minimum absolute atomic E-state index is 0.126. The molecule has 100 valence electrons. The maximum Gasteiger partial charge on any atom is 0.401 e. The zero-order chi connectivity index (χ0) is 13.9. The van der Waals surface area contributed by atoms with Gasteiger partial charge in [0, 0.05) is 0 Å². The number of hydrogen-bond acceptors (Lipinski definition) is 2. The first-order chi connectivity index (χ1) is 8.23. The van der Waals surface area contributed by atoms with Crippen LogP contribution in [0.5, 0.6) is 5.75 Å². The fourth-order valence-electron chi connectivity index (χ4n) is 1.13. The Balaban J connectivity index is 2.83. The van der Waals surface area contributed by atoms with E-state index in [1.165, 1.54) is 12.1 Å². The average Bonchev–Trinajstić information content (AvgIpc) is 2.19. The van der Waals surface area contributed by atoms with Crippen LogP contribution in [0.1, 0.15) is 0 Å². The van der Waals surface area contributed by atoms with E-state index in [9.17, 15) is 17.6 Å². The Morgan fingerprint density at radius 3 is 2.50 bits per heavy atom. The summed E-state index contributed by atoms with van der Waals surface area (Å²) in [5, 5.41) is -0.126. The molecule has 0 bridgehead atoms. The van der Waals surface area contributed by atoms with Gasteiger partial charge in [0.25, 0.3) is 0 Å². The number of alkyl halides is 3. The van der Waals surface area contributed by atoms with Crippen molar-refractivity contribution in [2.45, 2.75) is 6.18 Å². The van der Waals surface area contributed by atoms with Crippen molar-refractivity contribution in [1.82, 2.24) is 0 Å². The van der Waals surface area contributed by atoms with E-state index in [0.717, 1.165) is 6.07 Å². The number of nitrogens with two attached hydrogens (primary N) is 1. The summed E-state index contributed by atoms with van der Waals surface area (Å²) in [7, 11) is 0. The summed E-state index contributed by atoms with van der Waals surface area (Å²) in [5.74, 6) is -3.46. The predicted octanol–water partition coefficient (Wildman–Crippen LogP) is 3.32. The highest BCUT2D eigenvalue weighted by Crippen LogP contribution is 2.31. The highest BCUT2D eigenvalue weighted by atomic mass is 35.5. The smallest absolute Gasteiger partial charge is 0.401 e. The molecule has 0 radical (unpaired) electrons. The van der Waals surface area contributed by atoms with E-state index in [0.29, 0.717) is 0 Å². The van der Waals surface area contributed by atoms with Crippen LogP contribution in [0.4, 0.5) is 17.6 Å². The Bertz CT molecular complexity index is 432. The summed E-state index contributed by atoms with van der Waals surface area (Å²) in [5.41, 5.74) is 4.97. The lowest BCUT2D eigenvalue weighted by Crippen LogP contribution is -2.38. The lowest BCUT2D eigenvalue weighted by atomic mass is 10.1. The third-order valence-electron chi connectivity index (χ3n) is 2.05. The first-order valence-electron chi connectivity index (χ1n) is 4.66. The fraction of sp³-hybridized carbons (Fsp3) is 0.300. The maximum absolute atomic E-state index is 13.2. The molecule has 1 unspecified atom stereocenters. The molecule has 1 aromatic rings. The Morgan fingerprint density at radius 1 is 1.44 bits per heavy atom. The standard InChI is InChI=1S/C10H8ClF4NOS/c11-6-2-1-3-7(12)8(6)17-4-5(9(16)18)10(13,14)15/h1-3,5H,4H2,(H2,16,18). The summed E-state index contributed by atoms with van der Waals surface area (Å²) >= 11 is 9.89. The van der Waals surface area contributed by atoms with Gasteiger partial charge in [-0.2, -0.15) is 13.2 Å². The van der Waals surface area contributed by atoms with Gasteiger partial charge >= 0.3 is 6.18 Å². The van der Waals surface area contributed by atoms with Crippen molar-refractivity contribution in [2.75, 3.05) is 6.61 Å². The van der Waals surface area contributed by atoms with Crippen LogP contribution in [-0.2, 0) is 0 Å². The van der Waals surface area contributed by atoms with Crippen LogP contribution in [-0.4, -0.2) is 17.8 Å². The van der Waals surface area contributed by atoms with E-state index in [1.807, 2.05) is 0 Å². The maximum atomic E-state index is 13.2. The molecule has 0 aromatic heterocycles. The van der Waals surface area contributed by atoms with Crippen molar-refractivity contribution in [3.63, 3.8) is 0 Å². The zero-order valence-electron chi connectivity index (χ0n) is 8.80. The molecule has 0 saturated heterocycles. The van der Waals surface area contributed by atoms with Crippen LogP contribution >= 0.6 is 23.8 Å². The second kappa shape index (κ2) is 5.71. The molecule has 0 aliphatic rings. The number of hydrogen-bond donors (Lipinski definition) is 1. The van der Waals surface area contributed by atoms with Crippen molar-refractivity contribution >= 4 is 28.8 Å². The Labute approximate surface area is 111 Å². The van der Waals surface area contributed by atoms with Gasteiger partial charge in [-0.05, 0) is 12.1 Å². The van der Waals surface area contributed by atoms with Gasteiger partial charge in [0.05, 0.1) is 10.0 Å². The van der Waals surface area contributed by atoms with E-state index in [-0.39, 0.29) is 5.02 Å². The Morgan fingerprint density at radius 2 is 2.06 bits per heavy atom. The number of thiocarbonyl (C=S) groups is 1. The number of ether oxygens (including phenoxy) is 1. The van der Waals surface area contributed by atoms with E-state index in [2.05, 4.69) is 12.2 Å². The molecule has 1 aromatic carbocycles. The van der Waals surface area contributed by atoms with Gasteiger partial charge in [-0.1, -0.05) is 29.9 Å². The number of halogens is 5. The van der Waals surface area contributed by atoms with E-state index >= 15 is 0 Å². The van der Waals surface area contributed by atoms with Crippen molar-refractivity contribution in [3.05, 3.63) is 29.0 Å². The van der Waals surface area contributed by atoms with Crippen molar-refractivity contribution < 1.29 is 22.3 Å². The van der Waals surface area contributed by atoms with Gasteiger partial charge in [0.2, 0.25) is 0 Å². The minimum Gasteiger partial charge on any atom is -0.488 e. The molecular weight excluding hydrogens is 294 g/mol. The largest absolute Gasteiger partial charge is 0.488 e. The van der Waals surface area contributed by atoms with Crippen LogP contribution in [0.2, 0.25) is 5.02 Å². The van der Waals surface area contributed by atoms with E-state index < -0.39 is 35.3 Å². The first-order valence-corrected chi connectivity index (χ1v) is 5.45. The average molecular weight is 302 g/mol. The summed E-state index contributed by atoms with van der Waals surface area (Å²) in [6.45, 7) is -0.917. The number of para-hydroxylation sites is 1. The highest BCUT2D eigenvalue weighted by molar-refractivity contribution is 7.80. The number of benzene rings is 1. The predicted molar refractivity (Wildman–Crippen MR) is 63.2 cm³/mol. The van der Waals surface area contributed by atoms with Crippen molar-refractivity contribution in [2.24, 2.45) is 11.7 Å². The molecule has 0 saturated carbocycles. The van der Waals surface area contributed by atoms with E-state index in [1.54, 1.807) is 0 Å². The molecule has 0 spiro atoms. The minimum atomic E-state index is -4.65. The van der Waals surface area contributed by atoms with Gasteiger partial charge in [-0.15, -0.1) is 0 Å². The van der Waals surface area contributed by atoms with Crippen LogP contribution in [0, 0.1) is 11.7 Å². The molecule has 1 atom stereocenters. The third-order valence-corrected chi connectivity index (χ3v) is 2.63. The quantitative estimate of drug-likeness (QED) is 0.684. The second-order valence-corrected chi connectivity index (χ2v) is 4.24. The van der Waals surface area contributed by atoms with Gasteiger partial charge in [0.15, 0.2) is 11.6 Å². The molecule has 8 heteroatoms. The van der Waals surface area contributed by atoms with Crippen molar-refractivity contribution in [1.29, 1.82) is 0 Å². The van der Waals surface area contributed by atoms with Crippen LogP contribution < -0.4 is 10.5 Å². The van der Waals surface area contributed by atoms with Crippen LogP contribution in [0.15, 0.2) is 18.2 Å².